The standard InChI is InChI=1S/C12H6Cl2N2O4S/c13-8-2-1-3-15-11(8)21-10-7(12(17)18)4-6(16(19)20)5-9(10)14/h1-5H,(H,17,18). The van der Waals surface area contributed by atoms with Gasteiger partial charge < -0.3 is 5.11 Å². The number of aromatic nitrogens is 1. The summed E-state index contributed by atoms with van der Waals surface area (Å²) in [5, 5.41) is 20.6. The number of halogens is 2. The zero-order valence-electron chi connectivity index (χ0n) is 10.1. The van der Waals surface area contributed by atoms with Crippen LogP contribution in [0.5, 0.6) is 0 Å². The van der Waals surface area contributed by atoms with E-state index in [9.17, 15) is 20.0 Å². The predicted molar refractivity (Wildman–Crippen MR) is 78.4 cm³/mol. The molecule has 0 unspecified atom stereocenters. The maximum absolute atomic E-state index is 11.3. The van der Waals surface area contributed by atoms with Crippen molar-refractivity contribution in [2.45, 2.75) is 9.92 Å². The molecule has 0 aliphatic heterocycles. The summed E-state index contributed by atoms with van der Waals surface area (Å²) >= 11 is 12.9. The Morgan fingerprint density at radius 2 is 2.05 bits per heavy atom. The number of nitrogens with zero attached hydrogens (tertiary/aromatic N) is 2. The monoisotopic (exact) mass is 344 g/mol. The molecule has 0 saturated carbocycles. The van der Waals surface area contributed by atoms with Gasteiger partial charge in [-0.05, 0) is 12.1 Å². The van der Waals surface area contributed by atoms with Crippen molar-refractivity contribution >= 4 is 46.6 Å². The molecular formula is C12H6Cl2N2O4S. The number of benzene rings is 1. The van der Waals surface area contributed by atoms with Crippen molar-refractivity contribution in [2.75, 3.05) is 0 Å². The molecule has 108 valence electrons. The van der Waals surface area contributed by atoms with Gasteiger partial charge in [0.1, 0.15) is 5.03 Å². The average molecular weight is 345 g/mol. The number of rotatable bonds is 4. The fraction of sp³-hybridized carbons (Fsp3) is 0. The molecule has 1 heterocycles. The van der Waals surface area contributed by atoms with E-state index in [2.05, 4.69) is 4.98 Å². The van der Waals surface area contributed by atoms with Crippen LogP contribution in [0.3, 0.4) is 0 Å². The molecular weight excluding hydrogens is 339 g/mol. The van der Waals surface area contributed by atoms with Crippen LogP contribution in [0, 0.1) is 10.1 Å². The first-order valence-corrected chi connectivity index (χ1v) is 6.97. The minimum absolute atomic E-state index is 0.0479. The molecule has 2 rings (SSSR count). The van der Waals surface area contributed by atoms with Crippen molar-refractivity contribution in [1.29, 1.82) is 0 Å². The number of hydrogen-bond donors (Lipinski definition) is 1. The van der Waals surface area contributed by atoms with Gasteiger partial charge in [0.15, 0.2) is 0 Å². The summed E-state index contributed by atoms with van der Waals surface area (Å²) in [7, 11) is 0. The Morgan fingerprint density at radius 1 is 1.33 bits per heavy atom. The lowest BCUT2D eigenvalue weighted by Crippen LogP contribution is -2.02. The summed E-state index contributed by atoms with van der Waals surface area (Å²) in [6.45, 7) is 0. The molecule has 0 aliphatic rings. The van der Waals surface area contributed by atoms with E-state index in [0.717, 1.165) is 23.9 Å². The van der Waals surface area contributed by atoms with Gasteiger partial charge in [0.05, 0.1) is 20.5 Å². The third-order valence-electron chi connectivity index (χ3n) is 2.39. The van der Waals surface area contributed by atoms with Gasteiger partial charge in [0, 0.05) is 23.2 Å². The maximum Gasteiger partial charge on any atom is 0.337 e. The summed E-state index contributed by atoms with van der Waals surface area (Å²) in [6.07, 6.45) is 1.49. The minimum atomic E-state index is -1.32. The first-order valence-electron chi connectivity index (χ1n) is 5.39. The number of hydrogen-bond acceptors (Lipinski definition) is 5. The van der Waals surface area contributed by atoms with Crippen molar-refractivity contribution in [3.8, 4) is 0 Å². The van der Waals surface area contributed by atoms with Crippen molar-refractivity contribution < 1.29 is 14.8 Å². The highest BCUT2D eigenvalue weighted by molar-refractivity contribution is 7.99. The number of carboxylic acid groups (broad SMARTS) is 1. The summed E-state index contributed by atoms with van der Waals surface area (Å²) in [6, 6.07) is 5.26. The van der Waals surface area contributed by atoms with Crippen LogP contribution in [0.15, 0.2) is 40.4 Å². The molecule has 1 aromatic carbocycles. The molecule has 0 aliphatic carbocycles. The zero-order valence-corrected chi connectivity index (χ0v) is 12.4. The summed E-state index contributed by atoms with van der Waals surface area (Å²) in [5.74, 6) is -1.32. The third-order valence-corrected chi connectivity index (χ3v) is 4.38. The molecule has 6 nitrogen and oxygen atoms in total. The van der Waals surface area contributed by atoms with Crippen molar-refractivity contribution in [1.82, 2.24) is 4.98 Å². The number of pyridine rings is 1. The lowest BCUT2D eigenvalue weighted by molar-refractivity contribution is -0.384. The van der Waals surface area contributed by atoms with Crippen molar-refractivity contribution in [3.05, 3.63) is 56.2 Å². The first kappa shape index (κ1) is 15.6. The van der Waals surface area contributed by atoms with Gasteiger partial charge in [-0.25, -0.2) is 9.78 Å². The molecule has 0 radical (unpaired) electrons. The number of aromatic carboxylic acids is 1. The van der Waals surface area contributed by atoms with Crippen LogP contribution in [-0.2, 0) is 0 Å². The molecule has 0 fully saturated rings. The van der Waals surface area contributed by atoms with E-state index < -0.39 is 16.6 Å². The lowest BCUT2D eigenvalue weighted by atomic mass is 10.2. The molecule has 0 amide bonds. The fourth-order valence-corrected chi connectivity index (χ4v) is 2.94. The van der Waals surface area contributed by atoms with Gasteiger partial charge in [-0.2, -0.15) is 0 Å². The molecule has 0 spiro atoms. The van der Waals surface area contributed by atoms with Crippen LogP contribution < -0.4 is 0 Å². The zero-order chi connectivity index (χ0) is 15.6. The van der Waals surface area contributed by atoms with Gasteiger partial charge >= 0.3 is 5.97 Å². The number of non-ortho nitro benzene ring substituents is 1. The molecule has 0 bridgehead atoms. The van der Waals surface area contributed by atoms with Gasteiger partial charge in [0.25, 0.3) is 5.69 Å². The normalized spacial score (nSPS) is 10.4. The van der Waals surface area contributed by atoms with Crippen LogP contribution in [0.25, 0.3) is 0 Å². The molecule has 0 saturated heterocycles. The van der Waals surface area contributed by atoms with Crippen LogP contribution in [0.4, 0.5) is 5.69 Å². The molecule has 1 N–H and O–H groups in total. The van der Waals surface area contributed by atoms with E-state index in [1.54, 1.807) is 12.1 Å². The van der Waals surface area contributed by atoms with Gasteiger partial charge in [-0.1, -0.05) is 35.0 Å². The smallest absolute Gasteiger partial charge is 0.337 e. The van der Waals surface area contributed by atoms with Gasteiger partial charge in [0.2, 0.25) is 0 Å². The Hall–Kier alpha value is -1.83. The minimum Gasteiger partial charge on any atom is -0.478 e. The average Bonchev–Trinajstić information content (AvgIpc) is 2.42. The Labute approximate surface area is 132 Å². The SMILES string of the molecule is O=C(O)c1cc([N+](=O)[O-])cc(Cl)c1Sc1ncccc1Cl. The Bertz CT molecular complexity index is 739. The highest BCUT2D eigenvalue weighted by atomic mass is 35.5. The number of nitro benzene ring substituents is 1. The second kappa shape index (κ2) is 6.30. The van der Waals surface area contributed by atoms with Crippen LogP contribution in [-0.4, -0.2) is 21.0 Å². The Kier molecular flexibility index (Phi) is 4.66. The second-order valence-corrected chi connectivity index (χ2v) is 5.57. The Balaban J connectivity index is 2.55. The van der Waals surface area contributed by atoms with E-state index in [0.29, 0.717) is 10.0 Å². The van der Waals surface area contributed by atoms with E-state index >= 15 is 0 Å². The first-order chi connectivity index (χ1) is 9.90. The van der Waals surface area contributed by atoms with E-state index in [4.69, 9.17) is 23.2 Å². The summed E-state index contributed by atoms with van der Waals surface area (Å²) in [4.78, 5) is 25.5. The van der Waals surface area contributed by atoms with Gasteiger partial charge in [-0.15, -0.1) is 0 Å². The second-order valence-electron chi connectivity index (χ2n) is 3.76. The summed E-state index contributed by atoms with van der Waals surface area (Å²) in [5.41, 5.74) is -0.671. The van der Waals surface area contributed by atoms with Crippen LogP contribution in [0.2, 0.25) is 10.0 Å². The summed E-state index contributed by atoms with van der Waals surface area (Å²) < 4.78 is 0. The third kappa shape index (κ3) is 3.44. The van der Waals surface area contributed by atoms with Crippen molar-refractivity contribution in [3.63, 3.8) is 0 Å². The highest BCUT2D eigenvalue weighted by Gasteiger charge is 2.21. The van der Waals surface area contributed by atoms with Gasteiger partial charge in [-0.3, -0.25) is 10.1 Å². The number of carboxylic acids is 1. The molecule has 1 aromatic heterocycles. The quantitative estimate of drug-likeness (QED) is 0.661. The maximum atomic E-state index is 11.3. The largest absolute Gasteiger partial charge is 0.478 e. The predicted octanol–water partition coefficient (Wildman–Crippen LogP) is 4.15. The number of nitro groups is 1. The lowest BCUT2D eigenvalue weighted by Gasteiger charge is -2.08. The molecule has 0 atom stereocenters. The van der Waals surface area contributed by atoms with E-state index in [-0.39, 0.29) is 15.5 Å². The molecule has 2 aromatic rings. The highest BCUT2D eigenvalue weighted by Crippen LogP contribution is 2.39. The molecule has 21 heavy (non-hydrogen) atoms. The number of carbonyl (C=O) groups is 1. The van der Waals surface area contributed by atoms with E-state index in [1.165, 1.54) is 6.20 Å². The molecule has 9 heteroatoms. The fourth-order valence-electron chi connectivity index (χ4n) is 1.49. The Morgan fingerprint density at radius 3 is 2.62 bits per heavy atom. The topological polar surface area (TPSA) is 93.3 Å². The van der Waals surface area contributed by atoms with Crippen LogP contribution >= 0.6 is 35.0 Å². The van der Waals surface area contributed by atoms with Crippen LogP contribution in [0.1, 0.15) is 10.4 Å². The van der Waals surface area contributed by atoms with Crippen molar-refractivity contribution in [2.24, 2.45) is 0 Å². The van der Waals surface area contributed by atoms with E-state index in [1.807, 2.05) is 0 Å².